The molecule has 0 aromatic heterocycles. The standard InChI is InChI=1S/C11H14N2O5/c1-2-18-11(15)9(12)6-7-5-8(14)3-4-10(7)13(16)17/h3-5,9,14H,2,6,12H2,1H3. The molecule has 0 aliphatic heterocycles. The summed E-state index contributed by atoms with van der Waals surface area (Å²) >= 11 is 0. The van der Waals surface area contributed by atoms with Crippen molar-refractivity contribution in [2.45, 2.75) is 19.4 Å². The highest BCUT2D eigenvalue weighted by Gasteiger charge is 2.21. The number of nitrogens with two attached hydrogens (primary N) is 1. The number of aromatic hydroxyl groups is 1. The van der Waals surface area contributed by atoms with Gasteiger partial charge < -0.3 is 15.6 Å². The molecule has 1 aromatic rings. The fourth-order valence-corrected chi connectivity index (χ4v) is 1.48. The number of rotatable bonds is 5. The molecule has 1 unspecified atom stereocenters. The first-order chi connectivity index (χ1) is 8.45. The van der Waals surface area contributed by atoms with Crippen LogP contribution in [0, 0.1) is 10.1 Å². The van der Waals surface area contributed by atoms with Gasteiger partial charge in [0.2, 0.25) is 0 Å². The summed E-state index contributed by atoms with van der Waals surface area (Å²) in [5, 5.41) is 20.1. The third-order valence-electron chi connectivity index (χ3n) is 2.29. The van der Waals surface area contributed by atoms with Crippen LogP contribution in [0.3, 0.4) is 0 Å². The zero-order valence-corrected chi connectivity index (χ0v) is 9.83. The first-order valence-corrected chi connectivity index (χ1v) is 5.34. The second kappa shape index (κ2) is 5.97. The molecule has 1 rings (SSSR count). The molecular weight excluding hydrogens is 240 g/mol. The van der Waals surface area contributed by atoms with Gasteiger partial charge in [-0.05, 0) is 19.1 Å². The summed E-state index contributed by atoms with van der Waals surface area (Å²) in [5.41, 5.74) is 5.58. The van der Waals surface area contributed by atoms with E-state index in [0.29, 0.717) is 0 Å². The Morgan fingerprint density at radius 3 is 2.83 bits per heavy atom. The molecule has 98 valence electrons. The third-order valence-corrected chi connectivity index (χ3v) is 2.29. The van der Waals surface area contributed by atoms with Crippen LogP contribution < -0.4 is 5.73 Å². The Morgan fingerprint density at radius 1 is 1.61 bits per heavy atom. The monoisotopic (exact) mass is 254 g/mol. The van der Waals surface area contributed by atoms with Gasteiger partial charge in [0.25, 0.3) is 5.69 Å². The second-order valence-electron chi connectivity index (χ2n) is 3.63. The van der Waals surface area contributed by atoms with Crippen LogP contribution in [-0.4, -0.2) is 28.6 Å². The van der Waals surface area contributed by atoms with Crippen molar-refractivity contribution in [2.24, 2.45) is 5.73 Å². The predicted octanol–water partition coefficient (Wildman–Crippen LogP) is 0.733. The van der Waals surface area contributed by atoms with Crippen LogP contribution in [0.15, 0.2) is 18.2 Å². The number of hydrogen-bond acceptors (Lipinski definition) is 6. The van der Waals surface area contributed by atoms with Crippen LogP contribution in [0.5, 0.6) is 5.75 Å². The fourth-order valence-electron chi connectivity index (χ4n) is 1.48. The summed E-state index contributed by atoms with van der Waals surface area (Å²) in [7, 11) is 0. The van der Waals surface area contributed by atoms with Gasteiger partial charge in [0.15, 0.2) is 0 Å². The number of benzene rings is 1. The van der Waals surface area contributed by atoms with E-state index in [-0.39, 0.29) is 30.0 Å². The molecule has 7 nitrogen and oxygen atoms in total. The minimum Gasteiger partial charge on any atom is -0.508 e. The Hall–Kier alpha value is -2.15. The van der Waals surface area contributed by atoms with Gasteiger partial charge in [-0.2, -0.15) is 0 Å². The Bertz CT molecular complexity index is 461. The highest BCUT2D eigenvalue weighted by Crippen LogP contribution is 2.24. The van der Waals surface area contributed by atoms with E-state index in [1.54, 1.807) is 6.92 Å². The van der Waals surface area contributed by atoms with Crippen molar-refractivity contribution < 1.29 is 19.6 Å². The number of carbonyl (C=O) groups is 1. The molecule has 0 aliphatic rings. The lowest BCUT2D eigenvalue weighted by Gasteiger charge is -2.10. The highest BCUT2D eigenvalue weighted by atomic mass is 16.6. The lowest BCUT2D eigenvalue weighted by atomic mass is 10.0. The van der Waals surface area contributed by atoms with Crippen molar-refractivity contribution in [3.05, 3.63) is 33.9 Å². The van der Waals surface area contributed by atoms with Crippen LogP contribution in [-0.2, 0) is 16.0 Å². The zero-order valence-electron chi connectivity index (χ0n) is 9.83. The average molecular weight is 254 g/mol. The molecule has 0 saturated heterocycles. The van der Waals surface area contributed by atoms with Gasteiger partial charge in [0, 0.05) is 18.1 Å². The first kappa shape index (κ1) is 13.9. The molecule has 7 heteroatoms. The van der Waals surface area contributed by atoms with E-state index in [0.717, 1.165) is 0 Å². The normalized spacial score (nSPS) is 11.9. The van der Waals surface area contributed by atoms with Gasteiger partial charge in [-0.15, -0.1) is 0 Å². The highest BCUT2D eigenvalue weighted by molar-refractivity contribution is 5.76. The van der Waals surface area contributed by atoms with Crippen LogP contribution in [0.1, 0.15) is 12.5 Å². The van der Waals surface area contributed by atoms with Crippen molar-refractivity contribution in [2.75, 3.05) is 6.61 Å². The molecule has 0 radical (unpaired) electrons. The SMILES string of the molecule is CCOC(=O)C(N)Cc1cc(O)ccc1[N+](=O)[O-]. The number of carbonyl (C=O) groups excluding carboxylic acids is 1. The predicted molar refractivity (Wildman–Crippen MR) is 63.1 cm³/mol. The van der Waals surface area contributed by atoms with Gasteiger partial charge in [0.05, 0.1) is 11.5 Å². The largest absolute Gasteiger partial charge is 0.508 e. The van der Waals surface area contributed by atoms with Crippen LogP contribution >= 0.6 is 0 Å². The number of phenolic OH excluding ortho intramolecular Hbond substituents is 1. The summed E-state index contributed by atoms with van der Waals surface area (Å²) in [6.45, 7) is 1.83. The lowest BCUT2D eigenvalue weighted by Crippen LogP contribution is -2.34. The van der Waals surface area contributed by atoms with Crippen LogP contribution in [0.4, 0.5) is 5.69 Å². The topological polar surface area (TPSA) is 116 Å². The minimum atomic E-state index is -0.995. The van der Waals surface area contributed by atoms with Crippen molar-refractivity contribution in [3.63, 3.8) is 0 Å². The number of hydrogen-bond donors (Lipinski definition) is 2. The summed E-state index contributed by atoms with van der Waals surface area (Å²) in [5.74, 6) is -0.748. The molecule has 0 fully saturated rings. The van der Waals surface area contributed by atoms with E-state index in [1.807, 2.05) is 0 Å². The van der Waals surface area contributed by atoms with Gasteiger partial charge in [-0.1, -0.05) is 0 Å². The molecule has 0 bridgehead atoms. The van der Waals surface area contributed by atoms with Crippen LogP contribution in [0.2, 0.25) is 0 Å². The Kier molecular flexibility index (Phi) is 4.61. The van der Waals surface area contributed by atoms with Gasteiger partial charge >= 0.3 is 5.97 Å². The first-order valence-electron chi connectivity index (χ1n) is 5.34. The Morgan fingerprint density at radius 2 is 2.28 bits per heavy atom. The van der Waals surface area contributed by atoms with Crippen molar-refractivity contribution in [3.8, 4) is 5.75 Å². The second-order valence-corrected chi connectivity index (χ2v) is 3.63. The van der Waals surface area contributed by atoms with E-state index < -0.39 is 16.9 Å². The molecule has 0 amide bonds. The smallest absolute Gasteiger partial charge is 0.323 e. The molecule has 3 N–H and O–H groups in total. The molecule has 1 atom stereocenters. The van der Waals surface area contributed by atoms with E-state index in [9.17, 15) is 20.0 Å². The van der Waals surface area contributed by atoms with Gasteiger partial charge in [0.1, 0.15) is 11.8 Å². The Labute approximate surface area is 103 Å². The summed E-state index contributed by atoms with van der Waals surface area (Å²) < 4.78 is 4.71. The third kappa shape index (κ3) is 3.42. The van der Waals surface area contributed by atoms with Crippen molar-refractivity contribution in [1.82, 2.24) is 0 Å². The quantitative estimate of drug-likeness (QED) is 0.454. The molecule has 0 aliphatic carbocycles. The van der Waals surface area contributed by atoms with Crippen molar-refractivity contribution in [1.29, 1.82) is 0 Å². The number of ether oxygens (including phenoxy) is 1. The number of esters is 1. The molecule has 0 spiro atoms. The van der Waals surface area contributed by atoms with E-state index >= 15 is 0 Å². The summed E-state index contributed by atoms with van der Waals surface area (Å²) in [4.78, 5) is 21.5. The van der Waals surface area contributed by atoms with Gasteiger partial charge in [-0.3, -0.25) is 14.9 Å². The maximum Gasteiger partial charge on any atom is 0.323 e. The number of nitro groups is 1. The Balaban J connectivity index is 2.92. The molecular formula is C11H14N2O5. The van der Waals surface area contributed by atoms with E-state index in [4.69, 9.17) is 10.5 Å². The van der Waals surface area contributed by atoms with Gasteiger partial charge in [-0.25, -0.2) is 0 Å². The number of phenols is 1. The fraction of sp³-hybridized carbons (Fsp3) is 0.364. The molecule has 0 heterocycles. The maximum atomic E-state index is 11.3. The van der Waals surface area contributed by atoms with E-state index in [2.05, 4.69) is 0 Å². The minimum absolute atomic E-state index is 0.0659. The zero-order chi connectivity index (χ0) is 13.7. The van der Waals surface area contributed by atoms with Crippen LogP contribution in [0.25, 0.3) is 0 Å². The van der Waals surface area contributed by atoms with Crippen molar-refractivity contribution >= 4 is 11.7 Å². The van der Waals surface area contributed by atoms with E-state index in [1.165, 1.54) is 18.2 Å². The molecule has 1 aromatic carbocycles. The lowest BCUT2D eigenvalue weighted by molar-refractivity contribution is -0.385. The number of nitrogens with zero attached hydrogens (tertiary/aromatic N) is 1. The molecule has 18 heavy (non-hydrogen) atoms. The maximum absolute atomic E-state index is 11.3. The number of nitro benzene ring substituents is 1. The molecule has 0 saturated carbocycles. The summed E-state index contributed by atoms with van der Waals surface area (Å²) in [6.07, 6.45) is -0.0659. The average Bonchev–Trinajstić information content (AvgIpc) is 2.28. The summed E-state index contributed by atoms with van der Waals surface area (Å²) in [6, 6.07) is 2.60.